The van der Waals surface area contributed by atoms with Crippen LogP contribution in [0.2, 0.25) is 0 Å². The zero-order chi connectivity index (χ0) is 39.6. The zero-order valence-corrected chi connectivity index (χ0v) is 31.1. The van der Waals surface area contributed by atoms with E-state index in [1.807, 2.05) is 24.3 Å². The third kappa shape index (κ3) is 15.0. The second-order valence-electron chi connectivity index (χ2n) is 12.8. The number of rotatable bonds is 12. The number of amides is 1. The lowest BCUT2D eigenvalue weighted by Crippen LogP contribution is -2.35. The van der Waals surface area contributed by atoms with Gasteiger partial charge in [-0.1, -0.05) is 28.1 Å². The predicted molar refractivity (Wildman–Crippen MR) is 186 cm³/mol. The highest BCUT2D eigenvalue weighted by Gasteiger charge is 2.38. The second kappa shape index (κ2) is 18.3. The normalized spacial score (nSPS) is 16.6. The molecule has 21 heteroatoms. The molecule has 0 radical (unpaired) electrons. The summed E-state index contributed by atoms with van der Waals surface area (Å²) in [7, 11) is -4.24. The van der Waals surface area contributed by atoms with Crippen LogP contribution in [-0.2, 0) is 19.6 Å². The minimum absolute atomic E-state index is 0.0375. The molecule has 4 rings (SSSR count). The Kier molecular flexibility index (Phi) is 14.9. The minimum atomic E-state index is -5.08. The van der Waals surface area contributed by atoms with Crippen LogP contribution in [0.3, 0.4) is 0 Å². The van der Waals surface area contributed by atoms with Gasteiger partial charge in [0.25, 0.3) is 0 Å². The first kappa shape index (κ1) is 43.3. The fourth-order valence-electron chi connectivity index (χ4n) is 5.04. The molecule has 13 nitrogen and oxygen atoms in total. The number of benzene rings is 2. The SMILES string of the molecule is CC(C)(C)OC(=O)NCCNc1nc(NCC2CCC(CNS(=O)(=O)c3ccc(Br)cc3OC(F)(F)F)CC2)nc2ccccc12.O=C(O)C(F)(F)F. The molecular weight excluding hydrogens is 806 g/mol. The molecule has 0 unspecified atom stereocenters. The number of carbonyl (C=O) groups is 2. The van der Waals surface area contributed by atoms with Crippen LogP contribution in [0.4, 0.5) is 42.9 Å². The van der Waals surface area contributed by atoms with E-state index in [0.717, 1.165) is 48.7 Å². The number of aliphatic carboxylic acids is 1. The topological polar surface area (TPSA) is 181 Å². The summed E-state index contributed by atoms with van der Waals surface area (Å²) < 4.78 is 108. The highest BCUT2D eigenvalue weighted by Crippen LogP contribution is 2.33. The largest absolute Gasteiger partial charge is 0.573 e. The summed E-state index contributed by atoms with van der Waals surface area (Å²) in [5.74, 6) is -2.12. The summed E-state index contributed by atoms with van der Waals surface area (Å²) in [6, 6.07) is 11.0. The Bertz CT molecular complexity index is 1820. The van der Waals surface area contributed by atoms with Gasteiger partial charge < -0.3 is 30.5 Å². The summed E-state index contributed by atoms with van der Waals surface area (Å²) in [6.45, 7) is 6.88. The quantitative estimate of drug-likeness (QED) is 0.0931. The lowest BCUT2D eigenvalue weighted by molar-refractivity contribution is -0.275. The second-order valence-corrected chi connectivity index (χ2v) is 15.5. The number of alkyl carbamates (subject to hydrolysis) is 1. The van der Waals surface area contributed by atoms with Crippen LogP contribution in [0.5, 0.6) is 5.75 Å². The van der Waals surface area contributed by atoms with Crippen LogP contribution >= 0.6 is 15.9 Å². The average molecular weight is 846 g/mol. The van der Waals surface area contributed by atoms with Gasteiger partial charge in [0.15, 0.2) is 5.75 Å². The van der Waals surface area contributed by atoms with E-state index in [0.29, 0.717) is 37.3 Å². The van der Waals surface area contributed by atoms with Gasteiger partial charge in [-0.05, 0) is 88.6 Å². The van der Waals surface area contributed by atoms with Crippen molar-refractivity contribution in [1.29, 1.82) is 0 Å². The maximum Gasteiger partial charge on any atom is 0.573 e. The van der Waals surface area contributed by atoms with Gasteiger partial charge in [0.2, 0.25) is 16.0 Å². The molecule has 5 N–H and O–H groups in total. The van der Waals surface area contributed by atoms with Crippen molar-refractivity contribution in [1.82, 2.24) is 20.0 Å². The van der Waals surface area contributed by atoms with Gasteiger partial charge in [0.1, 0.15) is 16.3 Å². The van der Waals surface area contributed by atoms with E-state index in [1.54, 1.807) is 20.8 Å². The number of halogens is 7. The van der Waals surface area contributed by atoms with Gasteiger partial charge >= 0.3 is 24.6 Å². The number of sulfonamides is 1. The molecule has 53 heavy (non-hydrogen) atoms. The Labute approximate surface area is 309 Å². The van der Waals surface area contributed by atoms with Crippen molar-refractivity contribution in [2.75, 3.05) is 36.8 Å². The van der Waals surface area contributed by atoms with E-state index in [2.05, 4.69) is 51.3 Å². The molecule has 294 valence electrons. The molecule has 1 saturated carbocycles. The number of alkyl halides is 6. The number of hydrogen-bond acceptors (Lipinski definition) is 10. The van der Waals surface area contributed by atoms with Gasteiger partial charge in [-0.25, -0.2) is 27.7 Å². The van der Waals surface area contributed by atoms with Crippen molar-refractivity contribution in [2.45, 2.75) is 69.5 Å². The maximum atomic E-state index is 12.9. The molecule has 1 fully saturated rings. The van der Waals surface area contributed by atoms with Crippen molar-refractivity contribution in [2.24, 2.45) is 11.8 Å². The molecule has 1 aliphatic carbocycles. The number of fused-ring (bicyclic) bond motifs is 1. The highest BCUT2D eigenvalue weighted by atomic mass is 79.9. The van der Waals surface area contributed by atoms with Crippen molar-refractivity contribution in [3.63, 3.8) is 0 Å². The molecule has 1 amide bonds. The fourth-order valence-corrected chi connectivity index (χ4v) is 6.60. The van der Waals surface area contributed by atoms with Gasteiger partial charge in [0.05, 0.1) is 5.52 Å². The Morgan fingerprint density at radius 2 is 1.51 bits per heavy atom. The molecule has 2 aromatic carbocycles. The fraction of sp³-hybridized carbons (Fsp3) is 0.500. The number of para-hydroxylation sites is 1. The van der Waals surface area contributed by atoms with Crippen molar-refractivity contribution >= 4 is 60.7 Å². The number of anilines is 2. The number of aromatic nitrogens is 2. The van der Waals surface area contributed by atoms with Crippen LogP contribution in [0, 0.1) is 11.8 Å². The summed E-state index contributed by atoms with van der Waals surface area (Å²) >= 11 is 3.05. The Morgan fingerprint density at radius 3 is 2.09 bits per heavy atom. The number of hydrogen-bond donors (Lipinski definition) is 5. The molecule has 0 aliphatic heterocycles. The van der Waals surface area contributed by atoms with E-state index >= 15 is 0 Å². The van der Waals surface area contributed by atoms with E-state index < -0.39 is 50.9 Å². The average Bonchev–Trinajstić information content (AvgIpc) is 3.03. The van der Waals surface area contributed by atoms with Gasteiger partial charge in [-0.2, -0.15) is 18.2 Å². The van der Waals surface area contributed by atoms with Gasteiger partial charge in [0, 0.05) is 36.0 Å². The van der Waals surface area contributed by atoms with Crippen LogP contribution in [0.1, 0.15) is 46.5 Å². The number of carboxylic acids is 1. The van der Waals surface area contributed by atoms with Gasteiger partial charge in [-0.3, -0.25) is 0 Å². The maximum absolute atomic E-state index is 12.9. The summed E-state index contributed by atoms with van der Waals surface area (Å²) in [6.07, 6.45) is -7.46. The molecule has 3 aromatic rings. The van der Waals surface area contributed by atoms with Gasteiger partial charge in [-0.15, -0.1) is 13.2 Å². The molecule has 0 saturated heterocycles. The standard InChI is InChI=1S/C30H38BrF3N6O5S.C2HF3O2/c1-29(2,3)45-28(41)36-15-14-35-26-22-6-4-5-7-23(22)39-27(40-26)37-17-19-8-10-20(11-9-19)18-38-46(42,43)25-13-12-21(31)16-24(25)44-30(32,33)34;3-2(4,5)1(6)7/h4-7,12-13,16,19-20,38H,8-11,14-15,17-18H2,1-3H3,(H,36,41)(H2,35,37,39,40);(H,6,7). The minimum Gasteiger partial charge on any atom is -0.475 e. The van der Waals surface area contributed by atoms with Crippen LogP contribution in [0.15, 0.2) is 51.8 Å². The molecule has 0 bridgehead atoms. The Hall–Kier alpha value is -4.11. The first-order chi connectivity index (χ1) is 24.5. The van der Waals surface area contributed by atoms with E-state index in [9.17, 15) is 39.6 Å². The highest BCUT2D eigenvalue weighted by molar-refractivity contribution is 9.10. The van der Waals surface area contributed by atoms with E-state index in [4.69, 9.17) is 14.6 Å². The zero-order valence-electron chi connectivity index (χ0n) is 28.7. The lowest BCUT2D eigenvalue weighted by Gasteiger charge is -2.29. The van der Waals surface area contributed by atoms with Crippen LogP contribution < -0.4 is 25.4 Å². The third-order valence-corrected chi connectivity index (χ3v) is 9.39. The van der Waals surface area contributed by atoms with E-state index in [1.165, 1.54) is 6.07 Å². The Morgan fingerprint density at radius 1 is 0.906 bits per heavy atom. The summed E-state index contributed by atoms with van der Waals surface area (Å²) in [5, 5.41) is 17.3. The molecule has 0 spiro atoms. The van der Waals surface area contributed by atoms with Crippen molar-refractivity contribution < 1.29 is 58.9 Å². The first-order valence-electron chi connectivity index (χ1n) is 16.1. The molecule has 1 aliphatic rings. The monoisotopic (exact) mass is 844 g/mol. The predicted octanol–water partition coefficient (Wildman–Crippen LogP) is 7.06. The number of carboxylic acid groups (broad SMARTS) is 1. The summed E-state index contributed by atoms with van der Waals surface area (Å²) in [4.78, 5) is 29.5. The lowest BCUT2D eigenvalue weighted by atomic mass is 9.82. The number of carbonyl (C=O) groups excluding carboxylic acids is 1. The molecular formula is C32H39BrF6N6O7S. The summed E-state index contributed by atoms with van der Waals surface area (Å²) in [5.41, 5.74) is 0.175. The number of nitrogens with zero attached hydrogens (tertiary/aromatic N) is 2. The van der Waals surface area contributed by atoms with Crippen LogP contribution in [-0.4, -0.2) is 79.9 Å². The first-order valence-corrected chi connectivity index (χ1v) is 18.4. The molecule has 0 atom stereocenters. The van der Waals surface area contributed by atoms with Crippen molar-refractivity contribution in [3.8, 4) is 5.75 Å². The molecule has 1 heterocycles. The smallest absolute Gasteiger partial charge is 0.475 e. The van der Waals surface area contributed by atoms with E-state index in [-0.39, 0.29) is 16.9 Å². The van der Waals surface area contributed by atoms with Crippen LogP contribution in [0.25, 0.3) is 10.9 Å². The Balaban J connectivity index is 0.000000980. The number of ether oxygens (including phenoxy) is 2. The molecule has 1 aromatic heterocycles. The van der Waals surface area contributed by atoms with Crippen molar-refractivity contribution in [3.05, 3.63) is 46.9 Å². The number of nitrogens with one attached hydrogen (secondary N) is 4. The third-order valence-electron chi connectivity index (χ3n) is 7.43.